The molecule has 1 heterocycles. The Morgan fingerprint density at radius 3 is 2.74 bits per heavy atom. The van der Waals surface area contributed by atoms with Crippen LogP contribution in [0.1, 0.15) is 59.7 Å². The first-order valence-electron chi connectivity index (χ1n) is 8.90. The summed E-state index contributed by atoms with van der Waals surface area (Å²) in [5, 5.41) is 5.44. The lowest BCUT2D eigenvalue weighted by Crippen LogP contribution is -2.27. The van der Waals surface area contributed by atoms with Crippen molar-refractivity contribution in [2.24, 2.45) is 5.73 Å². The second-order valence-corrected chi connectivity index (χ2v) is 7.40. The Kier molecular flexibility index (Phi) is 7.89. The molecule has 1 fully saturated rings. The van der Waals surface area contributed by atoms with E-state index in [1.807, 2.05) is 25.1 Å². The van der Waals surface area contributed by atoms with Crippen LogP contribution in [0.4, 0.5) is 0 Å². The maximum Gasteiger partial charge on any atom is 0.271 e. The Hall–Kier alpha value is -1.83. The SMILES string of the molecule is COc1cc(C(C)NC(=O)c2csc(CN)n2)ccc1OC1CCCC1.Cl. The Morgan fingerprint density at radius 2 is 2.11 bits per heavy atom. The molecule has 1 aliphatic rings. The highest BCUT2D eigenvalue weighted by Crippen LogP contribution is 2.33. The second kappa shape index (κ2) is 9.92. The fraction of sp³-hybridized carbons (Fsp3) is 0.474. The number of thiazole rings is 1. The minimum atomic E-state index is -0.210. The Bertz CT molecular complexity index is 762. The largest absolute Gasteiger partial charge is 0.493 e. The van der Waals surface area contributed by atoms with Crippen LogP contribution in [0, 0.1) is 0 Å². The van der Waals surface area contributed by atoms with Gasteiger partial charge >= 0.3 is 0 Å². The van der Waals surface area contributed by atoms with Gasteiger partial charge in [-0.25, -0.2) is 4.98 Å². The number of hydrogen-bond donors (Lipinski definition) is 2. The molecule has 1 amide bonds. The zero-order valence-electron chi connectivity index (χ0n) is 15.6. The number of rotatable bonds is 7. The average Bonchev–Trinajstić information content (AvgIpc) is 3.33. The fourth-order valence-electron chi connectivity index (χ4n) is 3.10. The van der Waals surface area contributed by atoms with Crippen molar-refractivity contribution in [3.63, 3.8) is 0 Å². The van der Waals surface area contributed by atoms with Gasteiger partial charge in [-0.15, -0.1) is 23.7 Å². The molecule has 0 bridgehead atoms. The first-order valence-corrected chi connectivity index (χ1v) is 9.78. The molecule has 1 aromatic carbocycles. The minimum Gasteiger partial charge on any atom is -0.493 e. The summed E-state index contributed by atoms with van der Waals surface area (Å²) in [4.78, 5) is 16.6. The molecule has 6 nitrogen and oxygen atoms in total. The van der Waals surface area contributed by atoms with Gasteiger partial charge in [-0.1, -0.05) is 6.07 Å². The number of halogens is 1. The second-order valence-electron chi connectivity index (χ2n) is 6.46. The molecule has 1 atom stereocenters. The zero-order valence-corrected chi connectivity index (χ0v) is 17.2. The van der Waals surface area contributed by atoms with E-state index in [9.17, 15) is 4.79 Å². The average molecular weight is 412 g/mol. The molecule has 0 aliphatic heterocycles. The van der Waals surface area contributed by atoms with Gasteiger partial charge in [0.1, 0.15) is 10.7 Å². The molecule has 8 heteroatoms. The summed E-state index contributed by atoms with van der Waals surface area (Å²) < 4.78 is 11.6. The maximum absolute atomic E-state index is 12.3. The molecule has 1 unspecified atom stereocenters. The summed E-state index contributed by atoms with van der Waals surface area (Å²) in [7, 11) is 1.63. The highest BCUT2D eigenvalue weighted by molar-refractivity contribution is 7.09. The molecule has 3 N–H and O–H groups in total. The standard InChI is InChI=1S/C19H25N3O3S.ClH/c1-12(21-19(23)15-11-26-18(10-20)22-15)13-7-8-16(17(9-13)24-2)25-14-5-3-4-6-14;/h7-9,11-12,14H,3-6,10,20H2,1-2H3,(H,21,23);1H. The predicted octanol–water partition coefficient (Wildman–Crippen LogP) is 3.84. The number of nitrogens with one attached hydrogen (secondary N) is 1. The molecule has 1 saturated carbocycles. The van der Waals surface area contributed by atoms with Crippen molar-refractivity contribution < 1.29 is 14.3 Å². The van der Waals surface area contributed by atoms with Crippen molar-refractivity contribution in [3.8, 4) is 11.5 Å². The minimum absolute atomic E-state index is 0. The van der Waals surface area contributed by atoms with Crippen molar-refractivity contribution in [1.29, 1.82) is 0 Å². The summed E-state index contributed by atoms with van der Waals surface area (Å²) in [5.74, 6) is 1.24. The Morgan fingerprint density at radius 1 is 1.37 bits per heavy atom. The van der Waals surface area contributed by atoms with Crippen LogP contribution in [0.15, 0.2) is 23.6 Å². The van der Waals surface area contributed by atoms with E-state index in [1.54, 1.807) is 12.5 Å². The number of aromatic nitrogens is 1. The highest BCUT2D eigenvalue weighted by atomic mass is 35.5. The van der Waals surface area contributed by atoms with E-state index in [4.69, 9.17) is 15.2 Å². The molecule has 2 aromatic rings. The predicted molar refractivity (Wildman–Crippen MR) is 109 cm³/mol. The summed E-state index contributed by atoms with van der Waals surface area (Å²) in [6.45, 7) is 2.27. The van der Waals surface area contributed by atoms with Gasteiger partial charge in [0.2, 0.25) is 0 Å². The van der Waals surface area contributed by atoms with E-state index in [1.165, 1.54) is 24.2 Å². The van der Waals surface area contributed by atoms with Crippen LogP contribution in [0.3, 0.4) is 0 Å². The van der Waals surface area contributed by atoms with Crippen LogP contribution < -0.4 is 20.5 Å². The molecule has 1 aliphatic carbocycles. The highest BCUT2D eigenvalue weighted by Gasteiger charge is 2.20. The van der Waals surface area contributed by atoms with E-state index < -0.39 is 0 Å². The molecular weight excluding hydrogens is 386 g/mol. The van der Waals surface area contributed by atoms with E-state index in [-0.39, 0.29) is 30.5 Å². The molecule has 1 aromatic heterocycles. The Labute approximate surface area is 169 Å². The lowest BCUT2D eigenvalue weighted by molar-refractivity contribution is 0.0935. The zero-order chi connectivity index (χ0) is 18.5. The summed E-state index contributed by atoms with van der Waals surface area (Å²) in [5.41, 5.74) is 6.90. The van der Waals surface area contributed by atoms with Crippen molar-refractivity contribution in [2.45, 2.75) is 51.3 Å². The van der Waals surface area contributed by atoms with Crippen molar-refractivity contribution in [3.05, 3.63) is 39.8 Å². The maximum atomic E-state index is 12.3. The number of benzene rings is 1. The van der Waals surface area contributed by atoms with Gasteiger partial charge in [0, 0.05) is 11.9 Å². The van der Waals surface area contributed by atoms with Crippen LogP contribution in [-0.2, 0) is 6.54 Å². The van der Waals surface area contributed by atoms with E-state index >= 15 is 0 Å². The first-order chi connectivity index (χ1) is 12.6. The number of amides is 1. The molecule has 3 rings (SSSR count). The number of ether oxygens (including phenoxy) is 2. The first kappa shape index (κ1) is 21.5. The monoisotopic (exact) mass is 411 g/mol. The van der Waals surface area contributed by atoms with Gasteiger partial charge in [-0.3, -0.25) is 4.79 Å². The smallest absolute Gasteiger partial charge is 0.271 e. The van der Waals surface area contributed by atoms with Crippen LogP contribution in [-0.4, -0.2) is 24.1 Å². The van der Waals surface area contributed by atoms with Crippen molar-refractivity contribution >= 4 is 29.7 Å². The van der Waals surface area contributed by atoms with Gasteiger partial charge in [0.15, 0.2) is 11.5 Å². The third kappa shape index (κ3) is 5.34. The van der Waals surface area contributed by atoms with Crippen LogP contribution in [0.2, 0.25) is 0 Å². The van der Waals surface area contributed by atoms with E-state index in [2.05, 4.69) is 10.3 Å². The van der Waals surface area contributed by atoms with Gasteiger partial charge in [-0.2, -0.15) is 0 Å². The molecule has 27 heavy (non-hydrogen) atoms. The van der Waals surface area contributed by atoms with Gasteiger partial charge in [0.05, 0.1) is 19.3 Å². The number of nitrogens with zero attached hydrogens (tertiary/aromatic N) is 1. The van der Waals surface area contributed by atoms with Crippen molar-refractivity contribution in [1.82, 2.24) is 10.3 Å². The lowest BCUT2D eigenvalue weighted by Gasteiger charge is -2.19. The Balaban J connectivity index is 0.00000261. The third-order valence-electron chi connectivity index (χ3n) is 4.59. The van der Waals surface area contributed by atoms with Crippen molar-refractivity contribution in [2.75, 3.05) is 7.11 Å². The molecule has 148 valence electrons. The lowest BCUT2D eigenvalue weighted by atomic mass is 10.1. The molecule has 0 saturated heterocycles. The molecule has 0 radical (unpaired) electrons. The number of carbonyl (C=O) groups is 1. The summed E-state index contributed by atoms with van der Waals surface area (Å²) >= 11 is 1.39. The topological polar surface area (TPSA) is 86.5 Å². The van der Waals surface area contributed by atoms with Crippen LogP contribution in [0.5, 0.6) is 11.5 Å². The number of carbonyl (C=O) groups excluding carboxylic acids is 1. The van der Waals surface area contributed by atoms with Crippen LogP contribution in [0.25, 0.3) is 0 Å². The fourth-order valence-corrected chi connectivity index (χ4v) is 3.75. The normalized spacial score (nSPS) is 15.1. The van der Waals surface area contributed by atoms with E-state index in [0.29, 0.717) is 18.0 Å². The van der Waals surface area contributed by atoms with Crippen LogP contribution >= 0.6 is 23.7 Å². The summed E-state index contributed by atoms with van der Waals surface area (Å²) in [6.07, 6.45) is 4.90. The molecule has 0 spiro atoms. The number of hydrogen-bond acceptors (Lipinski definition) is 6. The summed E-state index contributed by atoms with van der Waals surface area (Å²) in [6, 6.07) is 5.62. The van der Waals surface area contributed by atoms with Gasteiger partial charge in [-0.05, 0) is 50.3 Å². The third-order valence-corrected chi connectivity index (χ3v) is 5.46. The molecular formula is C19H26ClN3O3S. The quantitative estimate of drug-likeness (QED) is 0.722. The van der Waals surface area contributed by atoms with E-state index in [0.717, 1.165) is 29.2 Å². The number of methoxy groups -OCH3 is 1. The number of nitrogens with two attached hydrogens (primary N) is 1. The van der Waals surface area contributed by atoms with Gasteiger partial charge < -0.3 is 20.5 Å². The van der Waals surface area contributed by atoms with Gasteiger partial charge in [0.25, 0.3) is 5.91 Å².